The van der Waals surface area contributed by atoms with Crippen molar-refractivity contribution in [2.45, 2.75) is 12.8 Å². The van der Waals surface area contributed by atoms with E-state index in [-0.39, 0.29) is 11.7 Å². The first kappa shape index (κ1) is 16.4. The van der Waals surface area contributed by atoms with E-state index in [0.29, 0.717) is 11.5 Å². The Kier molecular flexibility index (Phi) is 4.79. The molecule has 126 valence electrons. The second-order valence-electron chi connectivity index (χ2n) is 6.54. The largest absolute Gasteiger partial charge is 0.363 e. The van der Waals surface area contributed by atoms with Crippen LogP contribution in [0, 0.1) is 11.7 Å². The van der Waals surface area contributed by atoms with E-state index in [9.17, 15) is 9.18 Å². The quantitative estimate of drug-likeness (QED) is 0.866. The molecule has 1 fully saturated rings. The number of anilines is 1. The fraction of sp³-hybridized carbons (Fsp3) is 0.368. The lowest BCUT2D eigenvalue weighted by molar-refractivity contribution is 0.0786. The Labute approximate surface area is 141 Å². The van der Waals surface area contributed by atoms with E-state index in [1.165, 1.54) is 12.1 Å². The van der Waals surface area contributed by atoms with Crippen LogP contribution in [-0.2, 0) is 6.42 Å². The van der Waals surface area contributed by atoms with Gasteiger partial charge in [-0.2, -0.15) is 0 Å². The van der Waals surface area contributed by atoms with Crippen molar-refractivity contribution in [3.05, 3.63) is 59.5 Å². The molecular formula is C19H22FN3O. The van der Waals surface area contributed by atoms with Gasteiger partial charge in [0.1, 0.15) is 11.6 Å². The number of carbonyl (C=O) groups excluding carboxylic acids is 1. The van der Waals surface area contributed by atoms with Gasteiger partial charge >= 0.3 is 0 Å². The third-order valence-corrected chi connectivity index (χ3v) is 4.46. The number of aromatic nitrogens is 1. The van der Waals surface area contributed by atoms with E-state index in [2.05, 4.69) is 4.98 Å². The molecular weight excluding hydrogens is 305 g/mol. The Morgan fingerprint density at radius 1 is 1.25 bits per heavy atom. The lowest BCUT2D eigenvalue weighted by atomic mass is 9.99. The predicted molar refractivity (Wildman–Crippen MR) is 92.7 cm³/mol. The minimum atomic E-state index is -0.212. The topological polar surface area (TPSA) is 36.4 Å². The molecule has 1 unspecified atom stereocenters. The van der Waals surface area contributed by atoms with E-state index in [1.807, 2.05) is 48.2 Å². The highest BCUT2D eigenvalue weighted by molar-refractivity contribution is 5.94. The molecule has 0 radical (unpaired) electrons. The first-order valence-corrected chi connectivity index (χ1v) is 8.20. The summed E-state index contributed by atoms with van der Waals surface area (Å²) < 4.78 is 13.0. The summed E-state index contributed by atoms with van der Waals surface area (Å²) in [5, 5.41) is 0. The van der Waals surface area contributed by atoms with Crippen LogP contribution in [0.1, 0.15) is 22.3 Å². The van der Waals surface area contributed by atoms with Gasteiger partial charge in [-0.3, -0.25) is 4.79 Å². The molecule has 5 heteroatoms. The molecule has 4 nitrogen and oxygen atoms in total. The SMILES string of the molecule is CN(C)c1ccc(C(=O)N2CCC(Cc3ccc(F)cc3)C2)cn1. The maximum atomic E-state index is 13.0. The number of hydrogen-bond acceptors (Lipinski definition) is 3. The Balaban J connectivity index is 1.60. The van der Waals surface area contributed by atoms with E-state index in [1.54, 1.807) is 6.20 Å². The first-order valence-electron chi connectivity index (χ1n) is 8.20. The van der Waals surface area contributed by atoms with Crippen molar-refractivity contribution in [1.82, 2.24) is 9.88 Å². The number of pyridine rings is 1. The minimum absolute atomic E-state index is 0.0365. The van der Waals surface area contributed by atoms with Crippen LogP contribution < -0.4 is 4.90 Å². The summed E-state index contributed by atoms with van der Waals surface area (Å²) in [6.45, 7) is 1.51. The number of benzene rings is 1. The van der Waals surface area contributed by atoms with Gasteiger partial charge in [0.15, 0.2) is 0 Å². The smallest absolute Gasteiger partial charge is 0.255 e. The van der Waals surface area contributed by atoms with Gasteiger partial charge in [0.25, 0.3) is 5.91 Å². The summed E-state index contributed by atoms with van der Waals surface area (Å²) in [6.07, 6.45) is 3.50. The van der Waals surface area contributed by atoms with Crippen molar-refractivity contribution in [3.63, 3.8) is 0 Å². The molecule has 1 atom stereocenters. The summed E-state index contributed by atoms with van der Waals surface area (Å²) in [5.41, 5.74) is 1.75. The average molecular weight is 327 g/mol. The zero-order chi connectivity index (χ0) is 17.1. The second-order valence-corrected chi connectivity index (χ2v) is 6.54. The lowest BCUT2D eigenvalue weighted by Crippen LogP contribution is -2.29. The third-order valence-electron chi connectivity index (χ3n) is 4.46. The molecule has 3 rings (SSSR count). The normalized spacial score (nSPS) is 17.1. The van der Waals surface area contributed by atoms with Crippen molar-refractivity contribution in [3.8, 4) is 0 Å². The minimum Gasteiger partial charge on any atom is -0.363 e. The predicted octanol–water partition coefficient (Wildman–Crippen LogP) is 2.99. The van der Waals surface area contributed by atoms with E-state index >= 15 is 0 Å². The van der Waals surface area contributed by atoms with Crippen molar-refractivity contribution < 1.29 is 9.18 Å². The van der Waals surface area contributed by atoms with Crippen LogP contribution >= 0.6 is 0 Å². The highest BCUT2D eigenvalue weighted by atomic mass is 19.1. The van der Waals surface area contributed by atoms with Crippen LogP contribution in [0.4, 0.5) is 10.2 Å². The number of carbonyl (C=O) groups is 1. The van der Waals surface area contributed by atoms with Crippen LogP contribution in [0.2, 0.25) is 0 Å². The molecule has 1 saturated heterocycles. The Bertz CT molecular complexity index is 698. The summed E-state index contributed by atoms with van der Waals surface area (Å²) in [6, 6.07) is 10.3. The molecule has 0 spiro atoms. The van der Waals surface area contributed by atoms with Crippen LogP contribution in [0.3, 0.4) is 0 Å². The van der Waals surface area contributed by atoms with Gasteiger partial charge in [0.2, 0.25) is 0 Å². The van der Waals surface area contributed by atoms with Gasteiger partial charge in [-0.15, -0.1) is 0 Å². The molecule has 1 aliphatic rings. The number of amides is 1. The molecule has 0 bridgehead atoms. The maximum absolute atomic E-state index is 13.0. The molecule has 1 aromatic heterocycles. The molecule has 0 saturated carbocycles. The Morgan fingerprint density at radius 3 is 2.62 bits per heavy atom. The molecule has 1 amide bonds. The number of halogens is 1. The molecule has 1 aliphatic heterocycles. The van der Waals surface area contributed by atoms with Crippen molar-refractivity contribution in [2.24, 2.45) is 5.92 Å². The monoisotopic (exact) mass is 327 g/mol. The van der Waals surface area contributed by atoms with Gasteiger partial charge in [0, 0.05) is 33.4 Å². The van der Waals surface area contributed by atoms with Gasteiger partial charge < -0.3 is 9.80 Å². The Hall–Kier alpha value is -2.43. The van der Waals surface area contributed by atoms with Gasteiger partial charge in [0.05, 0.1) is 5.56 Å². The fourth-order valence-corrected chi connectivity index (χ4v) is 3.10. The molecule has 2 aromatic rings. The van der Waals surface area contributed by atoms with Crippen molar-refractivity contribution >= 4 is 11.7 Å². The fourth-order valence-electron chi connectivity index (χ4n) is 3.10. The molecule has 24 heavy (non-hydrogen) atoms. The zero-order valence-electron chi connectivity index (χ0n) is 14.1. The van der Waals surface area contributed by atoms with Crippen molar-refractivity contribution in [1.29, 1.82) is 0 Å². The number of nitrogens with zero attached hydrogens (tertiary/aromatic N) is 3. The summed E-state index contributed by atoms with van der Waals surface area (Å²) in [4.78, 5) is 20.7. The Morgan fingerprint density at radius 2 is 2.00 bits per heavy atom. The molecule has 0 aliphatic carbocycles. The van der Waals surface area contributed by atoms with Gasteiger partial charge in [-0.1, -0.05) is 12.1 Å². The lowest BCUT2D eigenvalue weighted by Gasteiger charge is -2.17. The van der Waals surface area contributed by atoms with Crippen LogP contribution in [0.25, 0.3) is 0 Å². The summed E-state index contributed by atoms with van der Waals surface area (Å²) in [7, 11) is 3.84. The second kappa shape index (κ2) is 6.99. The average Bonchev–Trinajstić information content (AvgIpc) is 3.05. The summed E-state index contributed by atoms with van der Waals surface area (Å²) in [5.74, 6) is 1.08. The highest BCUT2D eigenvalue weighted by Gasteiger charge is 2.27. The third kappa shape index (κ3) is 3.72. The molecule has 1 aromatic carbocycles. The number of rotatable bonds is 4. The zero-order valence-corrected chi connectivity index (χ0v) is 14.1. The molecule has 2 heterocycles. The van der Waals surface area contributed by atoms with Crippen LogP contribution in [0.5, 0.6) is 0 Å². The van der Waals surface area contributed by atoms with Crippen LogP contribution in [-0.4, -0.2) is 43.0 Å². The van der Waals surface area contributed by atoms with Crippen molar-refractivity contribution in [2.75, 3.05) is 32.1 Å². The molecule has 0 N–H and O–H groups in total. The standard InChI is InChI=1S/C19H22FN3O/c1-22(2)18-8-5-16(12-21-18)19(24)23-10-9-15(13-23)11-14-3-6-17(20)7-4-14/h3-8,12,15H,9-11,13H2,1-2H3. The number of hydrogen-bond donors (Lipinski definition) is 0. The summed E-state index contributed by atoms with van der Waals surface area (Å²) >= 11 is 0. The maximum Gasteiger partial charge on any atom is 0.255 e. The highest BCUT2D eigenvalue weighted by Crippen LogP contribution is 2.23. The number of likely N-dealkylation sites (tertiary alicyclic amines) is 1. The van der Waals surface area contributed by atoms with Gasteiger partial charge in [-0.05, 0) is 48.6 Å². The van der Waals surface area contributed by atoms with E-state index < -0.39 is 0 Å². The van der Waals surface area contributed by atoms with Crippen LogP contribution in [0.15, 0.2) is 42.6 Å². The first-order chi connectivity index (χ1) is 11.5. The van der Waals surface area contributed by atoms with E-state index in [0.717, 1.165) is 37.3 Å². The van der Waals surface area contributed by atoms with Gasteiger partial charge in [-0.25, -0.2) is 9.37 Å². The van der Waals surface area contributed by atoms with E-state index in [4.69, 9.17) is 0 Å².